The minimum atomic E-state index is -0.467. The highest BCUT2D eigenvalue weighted by Gasteiger charge is 2.22. The van der Waals surface area contributed by atoms with Crippen molar-refractivity contribution in [1.29, 1.82) is 0 Å². The number of hydrogen-bond donors (Lipinski definition) is 3. The Labute approximate surface area is 172 Å². The van der Waals surface area contributed by atoms with E-state index in [4.69, 9.17) is 4.42 Å². The molecule has 1 saturated heterocycles. The van der Waals surface area contributed by atoms with E-state index >= 15 is 0 Å². The van der Waals surface area contributed by atoms with Gasteiger partial charge in [0.25, 0.3) is 11.5 Å². The van der Waals surface area contributed by atoms with Crippen molar-refractivity contribution in [2.45, 2.75) is 32.6 Å². The van der Waals surface area contributed by atoms with E-state index in [-0.39, 0.29) is 22.7 Å². The number of aryl methyl sites for hydroxylation is 1. The summed E-state index contributed by atoms with van der Waals surface area (Å²) in [5, 5.41) is 5.77. The zero-order valence-electron chi connectivity index (χ0n) is 16.7. The van der Waals surface area contributed by atoms with Crippen LogP contribution in [0.3, 0.4) is 0 Å². The van der Waals surface area contributed by atoms with E-state index in [2.05, 4.69) is 20.6 Å². The van der Waals surface area contributed by atoms with Gasteiger partial charge in [0.2, 0.25) is 5.71 Å². The van der Waals surface area contributed by atoms with E-state index in [1.807, 2.05) is 4.90 Å². The molecule has 3 amide bonds. The van der Waals surface area contributed by atoms with Crippen molar-refractivity contribution in [2.24, 2.45) is 0 Å². The number of carbonyl (C=O) groups excluding carboxylic acids is 2. The number of benzene rings is 1. The molecule has 0 radical (unpaired) electrons. The minimum Gasteiger partial charge on any atom is -0.442 e. The lowest BCUT2D eigenvalue weighted by Crippen LogP contribution is -2.35. The van der Waals surface area contributed by atoms with Gasteiger partial charge in [0.05, 0.1) is 11.9 Å². The molecule has 30 heavy (non-hydrogen) atoms. The van der Waals surface area contributed by atoms with Crippen LogP contribution in [0.5, 0.6) is 0 Å². The second kappa shape index (κ2) is 8.40. The number of furan rings is 1. The Kier molecular flexibility index (Phi) is 5.51. The Morgan fingerprint density at radius 1 is 1.03 bits per heavy atom. The van der Waals surface area contributed by atoms with E-state index < -0.39 is 11.5 Å². The predicted molar refractivity (Wildman–Crippen MR) is 113 cm³/mol. The quantitative estimate of drug-likeness (QED) is 0.612. The molecule has 3 N–H and O–H groups in total. The fourth-order valence-electron chi connectivity index (χ4n) is 3.63. The van der Waals surface area contributed by atoms with Gasteiger partial charge in [-0.3, -0.25) is 9.59 Å². The molecule has 1 fully saturated rings. The van der Waals surface area contributed by atoms with Crippen LogP contribution in [0, 0.1) is 6.92 Å². The molecule has 0 aliphatic carbocycles. The van der Waals surface area contributed by atoms with Crippen LogP contribution >= 0.6 is 0 Å². The van der Waals surface area contributed by atoms with E-state index in [1.165, 1.54) is 6.33 Å². The van der Waals surface area contributed by atoms with Crippen molar-refractivity contribution in [2.75, 3.05) is 23.7 Å². The number of rotatable bonds is 3. The lowest BCUT2D eigenvalue weighted by Gasteiger charge is -2.20. The maximum absolute atomic E-state index is 12.7. The second-order valence-corrected chi connectivity index (χ2v) is 7.31. The summed E-state index contributed by atoms with van der Waals surface area (Å²) in [7, 11) is 0. The summed E-state index contributed by atoms with van der Waals surface area (Å²) in [4.78, 5) is 45.5. The molecule has 1 aliphatic rings. The molecule has 9 heteroatoms. The minimum absolute atomic E-state index is 0.110. The number of aromatic nitrogens is 2. The summed E-state index contributed by atoms with van der Waals surface area (Å²) in [6.07, 6.45) is 5.60. The van der Waals surface area contributed by atoms with Gasteiger partial charge < -0.3 is 24.9 Å². The average Bonchev–Trinajstić information content (AvgIpc) is 2.89. The predicted octanol–water partition coefficient (Wildman–Crippen LogP) is 3.48. The van der Waals surface area contributed by atoms with Gasteiger partial charge in [-0.1, -0.05) is 12.8 Å². The number of carbonyl (C=O) groups is 2. The van der Waals surface area contributed by atoms with E-state index in [0.29, 0.717) is 17.1 Å². The molecule has 0 unspecified atom stereocenters. The lowest BCUT2D eigenvalue weighted by atomic mass is 10.1. The van der Waals surface area contributed by atoms with E-state index in [1.54, 1.807) is 31.2 Å². The highest BCUT2D eigenvalue weighted by molar-refractivity contribution is 6.12. The zero-order chi connectivity index (χ0) is 21.1. The molecule has 156 valence electrons. The maximum Gasteiger partial charge on any atom is 0.321 e. The summed E-state index contributed by atoms with van der Waals surface area (Å²) < 4.78 is 5.42. The Bertz CT molecular complexity index is 1120. The third-order valence-electron chi connectivity index (χ3n) is 5.18. The Morgan fingerprint density at radius 3 is 2.33 bits per heavy atom. The van der Waals surface area contributed by atoms with Gasteiger partial charge in [-0.25, -0.2) is 9.78 Å². The molecule has 1 aliphatic heterocycles. The largest absolute Gasteiger partial charge is 0.442 e. The molecular formula is C21H23N5O4. The number of nitrogens with zero attached hydrogens (tertiary/aromatic N) is 2. The normalized spacial score (nSPS) is 14.4. The summed E-state index contributed by atoms with van der Waals surface area (Å²) in [6.45, 7) is 3.15. The first kappa shape index (κ1) is 19.7. The van der Waals surface area contributed by atoms with Gasteiger partial charge in [-0.15, -0.1) is 0 Å². The highest BCUT2D eigenvalue weighted by Crippen LogP contribution is 2.22. The standard InChI is InChI=1S/C21H23N5O4/c1-13-16(17-18(27)22-12-23-20(17)30-13)19(28)24-14-6-8-15(9-7-14)25-21(29)26-10-4-2-3-5-11-26/h6-9,12H,2-5,10-11H2,1H3,(H,24,28)(H,25,29)(H,22,23,27). The molecule has 1 aromatic carbocycles. The van der Waals surface area contributed by atoms with Gasteiger partial charge >= 0.3 is 6.03 Å². The number of aromatic amines is 1. The number of H-pyrrole nitrogens is 1. The van der Waals surface area contributed by atoms with E-state index in [9.17, 15) is 14.4 Å². The smallest absolute Gasteiger partial charge is 0.321 e. The Balaban J connectivity index is 1.45. The van der Waals surface area contributed by atoms with Crippen LogP contribution in [0.4, 0.5) is 16.2 Å². The molecule has 0 atom stereocenters. The highest BCUT2D eigenvalue weighted by atomic mass is 16.3. The van der Waals surface area contributed by atoms with Gasteiger partial charge in [-0.2, -0.15) is 0 Å². The summed E-state index contributed by atoms with van der Waals surface area (Å²) in [6, 6.07) is 6.72. The first-order valence-corrected chi connectivity index (χ1v) is 9.97. The Morgan fingerprint density at radius 2 is 1.67 bits per heavy atom. The van der Waals surface area contributed by atoms with Crippen molar-refractivity contribution in [3.05, 3.63) is 52.3 Å². The maximum atomic E-state index is 12.7. The molecule has 0 saturated carbocycles. The van der Waals surface area contributed by atoms with Crippen LogP contribution < -0.4 is 16.2 Å². The number of hydrogen-bond acceptors (Lipinski definition) is 5. The van der Waals surface area contributed by atoms with Gasteiger partial charge in [-0.05, 0) is 44.0 Å². The van der Waals surface area contributed by atoms with Crippen molar-refractivity contribution < 1.29 is 14.0 Å². The van der Waals surface area contributed by atoms with Crippen molar-refractivity contribution >= 4 is 34.4 Å². The van der Waals surface area contributed by atoms with Crippen LogP contribution in [-0.2, 0) is 0 Å². The number of fused-ring (bicyclic) bond motifs is 1. The average molecular weight is 409 g/mol. The van der Waals surface area contributed by atoms with Gasteiger partial charge in [0.15, 0.2) is 0 Å². The SMILES string of the molecule is Cc1oc2nc[nH]c(=O)c2c1C(=O)Nc1ccc(NC(=O)N2CCCCCC2)cc1. The van der Waals surface area contributed by atoms with Crippen molar-refractivity contribution in [3.8, 4) is 0 Å². The number of urea groups is 1. The molecule has 2 aromatic heterocycles. The van der Waals surface area contributed by atoms with E-state index in [0.717, 1.165) is 38.8 Å². The van der Waals surface area contributed by atoms with Crippen LogP contribution in [-0.4, -0.2) is 39.9 Å². The van der Waals surface area contributed by atoms with Gasteiger partial charge in [0.1, 0.15) is 11.1 Å². The molecular weight excluding hydrogens is 386 g/mol. The van der Waals surface area contributed by atoms with Crippen LogP contribution in [0.25, 0.3) is 11.1 Å². The van der Waals surface area contributed by atoms with Gasteiger partial charge in [0, 0.05) is 24.5 Å². The molecule has 3 heterocycles. The van der Waals surface area contributed by atoms with Crippen LogP contribution in [0.1, 0.15) is 41.8 Å². The molecule has 9 nitrogen and oxygen atoms in total. The summed E-state index contributed by atoms with van der Waals surface area (Å²) >= 11 is 0. The number of anilines is 2. The molecule has 0 spiro atoms. The second-order valence-electron chi connectivity index (χ2n) is 7.31. The molecule has 3 aromatic rings. The first-order valence-electron chi connectivity index (χ1n) is 9.97. The summed E-state index contributed by atoms with van der Waals surface area (Å²) in [5.74, 6) is -0.154. The lowest BCUT2D eigenvalue weighted by molar-refractivity contribution is 0.102. The topological polar surface area (TPSA) is 120 Å². The zero-order valence-corrected chi connectivity index (χ0v) is 16.7. The number of amides is 3. The fraction of sp³-hybridized carbons (Fsp3) is 0.333. The first-order chi connectivity index (χ1) is 14.5. The van der Waals surface area contributed by atoms with Crippen molar-refractivity contribution in [3.63, 3.8) is 0 Å². The van der Waals surface area contributed by atoms with Crippen LogP contribution in [0.15, 0.2) is 39.8 Å². The number of nitrogens with one attached hydrogen (secondary N) is 3. The fourth-order valence-corrected chi connectivity index (χ4v) is 3.63. The summed E-state index contributed by atoms with van der Waals surface area (Å²) in [5.41, 5.74) is 1.01. The van der Waals surface area contributed by atoms with Crippen molar-refractivity contribution in [1.82, 2.24) is 14.9 Å². The Hall–Kier alpha value is -3.62. The number of likely N-dealkylation sites (tertiary alicyclic amines) is 1. The monoisotopic (exact) mass is 409 g/mol. The van der Waals surface area contributed by atoms with Crippen LogP contribution in [0.2, 0.25) is 0 Å². The molecule has 0 bridgehead atoms. The third kappa shape index (κ3) is 4.05. The molecule has 4 rings (SSSR count). The third-order valence-corrected chi connectivity index (χ3v) is 5.18.